The Labute approximate surface area is 215 Å². The Morgan fingerprint density at radius 2 is 0.900 bits per heavy atom. The topological polar surface area (TPSA) is 86.7 Å². The standard InChI is InChI=1S/C21H16O6S2.Ba.2H/c22-28(23,20-13-5-9-16-7-1-3-11-18(16)20)26-15-27-29(24,25)21-14-6-10-17-8-2-4-12-19(17)21;;;/h1-14H,15H2;;;. The molecule has 152 valence electrons. The molecule has 0 saturated carbocycles. The number of rotatable bonds is 6. The third-order valence-electron chi connectivity index (χ3n) is 4.44. The molecule has 0 aliphatic carbocycles. The fraction of sp³-hybridized carbons (Fsp3) is 0.0476. The Balaban J connectivity index is 0.00000256. The van der Waals surface area contributed by atoms with Gasteiger partial charge in [-0.25, -0.2) is 8.37 Å². The van der Waals surface area contributed by atoms with Gasteiger partial charge < -0.3 is 0 Å². The molecule has 0 heterocycles. The fourth-order valence-electron chi connectivity index (χ4n) is 3.10. The van der Waals surface area contributed by atoms with Crippen LogP contribution in [0.15, 0.2) is 94.7 Å². The maximum absolute atomic E-state index is 12.6. The van der Waals surface area contributed by atoms with E-state index in [-0.39, 0.29) is 58.7 Å². The molecule has 0 saturated heterocycles. The van der Waals surface area contributed by atoms with E-state index in [0.29, 0.717) is 10.8 Å². The van der Waals surface area contributed by atoms with Crippen LogP contribution in [-0.4, -0.2) is 72.5 Å². The molecule has 6 nitrogen and oxygen atoms in total. The zero-order valence-electron chi connectivity index (χ0n) is 15.1. The van der Waals surface area contributed by atoms with Crippen molar-refractivity contribution in [2.45, 2.75) is 9.79 Å². The molecule has 0 spiro atoms. The summed E-state index contributed by atoms with van der Waals surface area (Å²) in [4.78, 5) is -0.108. The summed E-state index contributed by atoms with van der Waals surface area (Å²) in [5.74, 6) is 0. The van der Waals surface area contributed by atoms with Crippen LogP contribution in [0.4, 0.5) is 0 Å². The molecule has 0 fully saturated rings. The molecule has 4 aromatic carbocycles. The van der Waals surface area contributed by atoms with Crippen molar-refractivity contribution in [2.24, 2.45) is 0 Å². The summed E-state index contributed by atoms with van der Waals surface area (Å²) in [6.45, 7) is -0.961. The van der Waals surface area contributed by atoms with Gasteiger partial charge in [-0.3, -0.25) is 0 Å². The minimum absolute atomic E-state index is 0. The van der Waals surface area contributed by atoms with E-state index >= 15 is 0 Å². The summed E-state index contributed by atoms with van der Waals surface area (Å²) in [6.07, 6.45) is 0. The van der Waals surface area contributed by atoms with Gasteiger partial charge in [0.1, 0.15) is 9.79 Å². The van der Waals surface area contributed by atoms with Gasteiger partial charge >= 0.3 is 48.9 Å². The van der Waals surface area contributed by atoms with Crippen molar-refractivity contribution in [3.63, 3.8) is 0 Å². The van der Waals surface area contributed by atoms with Gasteiger partial charge in [0.05, 0.1) is 0 Å². The third-order valence-corrected chi connectivity index (χ3v) is 7.05. The van der Waals surface area contributed by atoms with Crippen molar-refractivity contribution >= 4 is 90.7 Å². The number of fused-ring (bicyclic) bond motifs is 2. The van der Waals surface area contributed by atoms with Crippen LogP contribution in [0, 0.1) is 0 Å². The van der Waals surface area contributed by atoms with Crippen LogP contribution in [0.5, 0.6) is 0 Å². The van der Waals surface area contributed by atoms with Crippen LogP contribution < -0.4 is 0 Å². The predicted octanol–water partition coefficient (Wildman–Crippen LogP) is 3.15. The molecule has 0 aliphatic rings. The molecular weight excluding hydrogens is 550 g/mol. The van der Waals surface area contributed by atoms with Gasteiger partial charge in [-0.1, -0.05) is 72.8 Å². The SMILES string of the molecule is O=S(=O)(OCOS(=O)(=O)c1cccc2ccccc12)c1cccc2ccccc12.[BaH2]. The summed E-state index contributed by atoms with van der Waals surface area (Å²) in [5.41, 5.74) is 0. The Morgan fingerprint density at radius 3 is 1.33 bits per heavy atom. The molecular formula is C21H18BaO6S2. The van der Waals surface area contributed by atoms with Crippen molar-refractivity contribution in [1.82, 2.24) is 0 Å². The van der Waals surface area contributed by atoms with Gasteiger partial charge in [-0.15, -0.1) is 0 Å². The van der Waals surface area contributed by atoms with Crippen molar-refractivity contribution < 1.29 is 25.2 Å². The minimum atomic E-state index is -4.22. The van der Waals surface area contributed by atoms with Gasteiger partial charge in [-0.05, 0) is 22.9 Å². The molecule has 0 aromatic heterocycles. The van der Waals surface area contributed by atoms with Crippen molar-refractivity contribution in [1.29, 1.82) is 0 Å². The van der Waals surface area contributed by atoms with Crippen molar-refractivity contribution in [3.8, 4) is 0 Å². The van der Waals surface area contributed by atoms with Crippen LogP contribution >= 0.6 is 0 Å². The molecule has 30 heavy (non-hydrogen) atoms. The molecule has 0 bridgehead atoms. The quantitative estimate of drug-likeness (QED) is 0.202. The number of benzene rings is 4. The Kier molecular flexibility index (Phi) is 7.44. The maximum atomic E-state index is 12.6. The monoisotopic (exact) mass is 568 g/mol. The Bertz CT molecular complexity index is 1300. The first-order valence-corrected chi connectivity index (χ1v) is 11.4. The first-order chi connectivity index (χ1) is 13.9. The normalized spacial score (nSPS) is 12.0. The third kappa shape index (κ3) is 4.82. The van der Waals surface area contributed by atoms with Gasteiger partial charge in [0.15, 0.2) is 6.79 Å². The van der Waals surface area contributed by atoms with Crippen molar-refractivity contribution in [3.05, 3.63) is 84.9 Å². The van der Waals surface area contributed by atoms with Gasteiger partial charge in [0, 0.05) is 10.8 Å². The van der Waals surface area contributed by atoms with Gasteiger partial charge in [0.25, 0.3) is 20.2 Å². The van der Waals surface area contributed by atoms with Gasteiger partial charge in [-0.2, -0.15) is 16.8 Å². The predicted molar refractivity (Wildman–Crippen MR) is 118 cm³/mol. The second kappa shape index (κ2) is 9.51. The molecule has 4 rings (SSSR count). The van der Waals surface area contributed by atoms with E-state index in [0.717, 1.165) is 10.8 Å². The average molecular weight is 568 g/mol. The first kappa shape index (κ1) is 23.5. The summed E-state index contributed by atoms with van der Waals surface area (Å²) in [6, 6.07) is 23.4. The van der Waals surface area contributed by atoms with E-state index in [1.54, 1.807) is 72.8 Å². The zero-order valence-corrected chi connectivity index (χ0v) is 16.7. The fourth-order valence-corrected chi connectivity index (χ4v) is 5.17. The molecule has 0 amide bonds. The van der Waals surface area contributed by atoms with Crippen molar-refractivity contribution in [2.75, 3.05) is 6.79 Å². The molecule has 0 N–H and O–H groups in total. The zero-order chi connectivity index (χ0) is 20.5. The van der Waals surface area contributed by atoms with E-state index < -0.39 is 27.0 Å². The van der Waals surface area contributed by atoms with Crippen LogP contribution in [0.3, 0.4) is 0 Å². The second-order valence-electron chi connectivity index (χ2n) is 6.22. The number of hydrogen-bond donors (Lipinski definition) is 0. The number of hydrogen-bond acceptors (Lipinski definition) is 6. The summed E-state index contributed by atoms with van der Waals surface area (Å²) in [7, 11) is -8.45. The van der Waals surface area contributed by atoms with Crippen LogP contribution in [0.25, 0.3) is 21.5 Å². The van der Waals surface area contributed by atoms with E-state index in [2.05, 4.69) is 0 Å². The summed E-state index contributed by atoms with van der Waals surface area (Å²) >= 11 is 0. The van der Waals surface area contributed by atoms with Crippen LogP contribution in [-0.2, 0) is 28.6 Å². The Morgan fingerprint density at radius 1 is 0.533 bits per heavy atom. The molecule has 0 radical (unpaired) electrons. The van der Waals surface area contributed by atoms with Crippen LogP contribution in [0.1, 0.15) is 0 Å². The molecule has 9 heteroatoms. The van der Waals surface area contributed by atoms with E-state index in [1.165, 1.54) is 12.1 Å². The molecule has 0 unspecified atom stereocenters. The summed E-state index contributed by atoms with van der Waals surface area (Å²) in [5, 5.41) is 2.40. The molecule has 0 aliphatic heterocycles. The second-order valence-corrected chi connectivity index (χ2v) is 9.38. The molecule has 4 aromatic rings. The summed E-state index contributed by atoms with van der Waals surface area (Å²) < 4.78 is 60.1. The van der Waals surface area contributed by atoms with E-state index in [1.807, 2.05) is 0 Å². The molecule has 0 atom stereocenters. The van der Waals surface area contributed by atoms with E-state index in [9.17, 15) is 16.8 Å². The first-order valence-electron chi connectivity index (χ1n) is 8.63. The van der Waals surface area contributed by atoms with E-state index in [4.69, 9.17) is 8.37 Å². The average Bonchev–Trinajstić information content (AvgIpc) is 2.72. The van der Waals surface area contributed by atoms with Gasteiger partial charge in [0.2, 0.25) is 0 Å². The van der Waals surface area contributed by atoms with Crippen LogP contribution in [0.2, 0.25) is 0 Å². The Hall–Kier alpha value is -1.21.